The molecular formula is C12H26O2Si. The van der Waals surface area contributed by atoms with Gasteiger partial charge in [-0.05, 0) is 12.3 Å². The van der Waals surface area contributed by atoms with Crippen molar-refractivity contribution < 1.29 is 8.85 Å². The van der Waals surface area contributed by atoms with Crippen LogP contribution in [0.2, 0.25) is 5.54 Å². The first-order valence-corrected chi connectivity index (χ1v) is 8.00. The second-order valence-electron chi connectivity index (χ2n) is 4.69. The second kappa shape index (κ2) is 7.42. The lowest BCUT2D eigenvalue weighted by Gasteiger charge is -2.33. The minimum absolute atomic E-state index is 0.741. The number of rotatable bonds is 6. The molecule has 0 bridgehead atoms. The molecule has 0 saturated heterocycles. The van der Waals surface area contributed by atoms with Gasteiger partial charge in [0.2, 0.25) is 0 Å². The summed E-state index contributed by atoms with van der Waals surface area (Å²) in [5.74, 6) is 0.885. The van der Waals surface area contributed by atoms with Crippen LogP contribution in [0, 0.1) is 5.92 Å². The molecule has 0 radical (unpaired) electrons. The first kappa shape index (κ1) is 13.2. The fraction of sp³-hybridized carbons (Fsp3) is 1.00. The third kappa shape index (κ3) is 3.89. The van der Waals surface area contributed by atoms with E-state index in [1.807, 2.05) is 14.2 Å². The Labute approximate surface area is 96.2 Å². The summed E-state index contributed by atoms with van der Waals surface area (Å²) in [5, 5.41) is 0. The summed E-state index contributed by atoms with van der Waals surface area (Å²) >= 11 is 0. The second-order valence-corrected chi connectivity index (χ2v) is 7.23. The van der Waals surface area contributed by atoms with Gasteiger partial charge in [0.25, 0.3) is 0 Å². The Morgan fingerprint density at radius 3 is 2.20 bits per heavy atom. The van der Waals surface area contributed by atoms with Crippen LogP contribution in [0.4, 0.5) is 0 Å². The van der Waals surface area contributed by atoms with Gasteiger partial charge in [0.1, 0.15) is 0 Å². The first-order valence-electron chi connectivity index (χ1n) is 6.39. The fourth-order valence-corrected chi connectivity index (χ4v) is 5.26. The highest BCUT2D eigenvalue weighted by Crippen LogP contribution is 2.38. The predicted molar refractivity (Wildman–Crippen MR) is 66.4 cm³/mol. The van der Waals surface area contributed by atoms with E-state index in [0.29, 0.717) is 0 Å². The van der Waals surface area contributed by atoms with Crippen LogP contribution in [0.25, 0.3) is 0 Å². The highest BCUT2D eigenvalue weighted by molar-refractivity contribution is 6.46. The van der Waals surface area contributed by atoms with E-state index in [9.17, 15) is 0 Å². The Morgan fingerprint density at radius 1 is 1.13 bits per heavy atom. The third-order valence-corrected chi connectivity index (χ3v) is 6.20. The van der Waals surface area contributed by atoms with Crippen molar-refractivity contribution in [3.63, 3.8) is 0 Å². The van der Waals surface area contributed by atoms with Crippen molar-refractivity contribution in [2.24, 2.45) is 5.92 Å². The SMILES string of the molecule is CCCC(C1CCCCC1)[SiH](OC)OC. The van der Waals surface area contributed by atoms with Crippen molar-refractivity contribution in [1.82, 2.24) is 0 Å². The molecular weight excluding hydrogens is 204 g/mol. The molecule has 0 aromatic heterocycles. The van der Waals surface area contributed by atoms with Gasteiger partial charge in [-0.1, -0.05) is 45.4 Å². The summed E-state index contributed by atoms with van der Waals surface area (Å²) in [6, 6.07) is 0. The molecule has 1 atom stereocenters. The molecule has 1 rings (SSSR count). The van der Waals surface area contributed by atoms with E-state index in [-0.39, 0.29) is 0 Å². The van der Waals surface area contributed by atoms with E-state index in [1.165, 1.54) is 44.9 Å². The fourth-order valence-electron chi connectivity index (χ4n) is 2.94. The van der Waals surface area contributed by atoms with Gasteiger partial charge in [0.15, 0.2) is 0 Å². The maximum Gasteiger partial charge on any atom is 0.324 e. The van der Waals surface area contributed by atoms with Crippen LogP contribution in [0.3, 0.4) is 0 Å². The summed E-state index contributed by atoms with van der Waals surface area (Å²) in [7, 11) is 2.25. The smallest absolute Gasteiger partial charge is 0.324 e. The highest BCUT2D eigenvalue weighted by atomic mass is 28.3. The van der Waals surface area contributed by atoms with Crippen LogP contribution in [0.5, 0.6) is 0 Å². The zero-order valence-corrected chi connectivity index (χ0v) is 11.7. The Kier molecular flexibility index (Phi) is 6.53. The van der Waals surface area contributed by atoms with E-state index in [4.69, 9.17) is 8.85 Å². The van der Waals surface area contributed by atoms with Crippen LogP contribution < -0.4 is 0 Å². The molecule has 90 valence electrons. The van der Waals surface area contributed by atoms with Crippen molar-refractivity contribution in [3.8, 4) is 0 Å². The minimum Gasteiger partial charge on any atom is -0.400 e. The van der Waals surface area contributed by atoms with Crippen LogP contribution in [0.15, 0.2) is 0 Å². The summed E-state index contributed by atoms with van der Waals surface area (Å²) in [4.78, 5) is 0. The summed E-state index contributed by atoms with van der Waals surface area (Å²) in [6.07, 6.45) is 9.63. The maximum absolute atomic E-state index is 5.58. The minimum atomic E-state index is -1.40. The molecule has 0 heterocycles. The van der Waals surface area contributed by atoms with Gasteiger partial charge in [-0.25, -0.2) is 0 Å². The molecule has 2 nitrogen and oxygen atoms in total. The van der Waals surface area contributed by atoms with Crippen LogP contribution in [-0.2, 0) is 8.85 Å². The molecule has 0 amide bonds. The Balaban J connectivity index is 2.53. The van der Waals surface area contributed by atoms with Crippen molar-refractivity contribution in [2.75, 3.05) is 14.2 Å². The van der Waals surface area contributed by atoms with Crippen LogP contribution in [-0.4, -0.2) is 23.5 Å². The standard InChI is InChI=1S/C12H26O2Si/c1-4-8-12(15(13-2)14-3)11-9-6-5-7-10-11/h11-12,15H,4-10H2,1-3H3. The molecule has 1 aliphatic rings. The van der Waals surface area contributed by atoms with Gasteiger partial charge < -0.3 is 8.85 Å². The average Bonchev–Trinajstić information content (AvgIpc) is 2.30. The summed E-state index contributed by atoms with van der Waals surface area (Å²) in [5.41, 5.74) is 0.741. The Morgan fingerprint density at radius 2 is 1.73 bits per heavy atom. The molecule has 0 spiro atoms. The lowest BCUT2D eigenvalue weighted by Crippen LogP contribution is -2.32. The molecule has 1 aliphatic carbocycles. The molecule has 0 aromatic rings. The monoisotopic (exact) mass is 230 g/mol. The van der Waals surface area contributed by atoms with Crippen molar-refractivity contribution in [2.45, 2.75) is 57.4 Å². The zero-order chi connectivity index (χ0) is 11.1. The Hall–Kier alpha value is 0.137. The van der Waals surface area contributed by atoms with Crippen molar-refractivity contribution in [3.05, 3.63) is 0 Å². The molecule has 1 unspecified atom stereocenters. The van der Waals surface area contributed by atoms with Gasteiger partial charge in [-0.3, -0.25) is 0 Å². The van der Waals surface area contributed by atoms with Crippen LogP contribution >= 0.6 is 0 Å². The Bertz CT molecular complexity index is 154. The predicted octanol–water partition coefficient (Wildman–Crippen LogP) is 3.25. The van der Waals surface area contributed by atoms with Crippen molar-refractivity contribution in [1.29, 1.82) is 0 Å². The molecule has 0 N–H and O–H groups in total. The maximum atomic E-state index is 5.58. The average molecular weight is 230 g/mol. The van der Waals surface area contributed by atoms with Gasteiger partial charge in [-0.2, -0.15) is 0 Å². The quantitative estimate of drug-likeness (QED) is 0.652. The van der Waals surface area contributed by atoms with E-state index < -0.39 is 9.28 Å². The molecule has 3 heteroatoms. The van der Waals surface area contributed by atoms with E-state index >= 15 is 0 Å². The van der Waals surface area contributed by atoms with E-state index in [1.54, 1.807) is 0 Å². The van der Waals surface area contributed by atoms with E-state index in [0.717, 1.165) is 11.5 Å². The zero-order valence-electron chi connectivity index (χ0n) is 10.5. The molecule has 15 heavy (non-hydrogen) atoms. The highest BCUT2D eigenvalue weighted by Gasteiger charge is 2.32. The van der Waals surface area contributed by atoms with Crippen molar-refractivity contribution >= 4 is 9.28 Å². The summed E-state index contributed by atoms with van der Waals surface area (Å²) in [6.45, 7) is 2.27. The normalized spacial score (nSPS) is 20.8. The lowest BCUT2D eigenvalue weighted by molar-refractivity contribution is 0.226. The van der Waals surface area contributed by atoms with Gasteiger partial charge in [0.05, 0.1) is 0 Å². The molecule has 1 fully saturated rings. The third-order valence-electron chi connectivity index (χ3n) is 3.69. The van der Waals surface area contributed by atoms with Gasteiger partial charge >= 0.3 is 9.28 Å². The molecule has 0 aromatic carbocycles. The first-order chi connectivity index (χ1) is 7.33. The topological polar surface area (TPSA) is 18.5 Å². The number of hydrogen-bond acceptors (Lipinski definition) is 2. The van der Waals surface area contributed by atoms with Gasteiger partial charge in [0, 0.05) is 19.8 Å². The van der Waals surface area contributed by atoms with Crippen LogP contribution in [0.1, 0.15) is 51.9 Å². The number of hydrogen-bond donors (Lipinski definition) is 0. The summed E-state index contributed by atoms with van der Waals surface area (Å²) < 4.78 is 11.2. The lowest BCUT2D eigenvalue weighted by atomic mass is 9.85. The van der Waals surface area contributed by atoms with E-state index in [2.05, 4.69) is 6.92 Å². The molecule has 1 saturated carbocycles. The molecule has 0 aliphatic heterocycles. The van der Waals surface area contributed by atoms with Gasteiger partial charge in [-0.15, -0.1) is 0 Å². The largest absolute Gasteiger partial charge is 0.400 e.